The van der Waals surface area contributed by atoms with Gasteiger partial charge in [0, 0.05) is 25.4 Å². The summed E-state index contributed by atoms with van der Waals surface area (Å²) < 4.78 is 19.3. The second-order valence-electron chi connectivity index (χ2n) is 6.15. The second kappa shape index (κ2) is 7.03. The van der Waals surface area contributed by atoms with Crippen LogP contribution in [0.5, 0.6) is 0 Å². The van der Waals surface area contributed by atoms with Crippen molar-refractivity contribution < 1.29 is 8.91 Å². The van der Waals surface area contributed by atoms with Gasteiger partial charge >= 0.3 is 0 Å². The van der Waals surface area contributed by atoms with Crippen molar-refractivity contribution in [3.63, 3.8) is 0 Å². The van der Waals surface area contributed by atoms with E-state index in [1.165, 1.54) is 0 Å². The first-order chi connectivity index (χ1) is 12.7. The first kappa shape index (κ1) is 16.4. The molecule has 9 heteroatoms. The molecule has 3 aromatic heterocycles. The lowest BCUT2D eigenvalue weighted by molar-refractivity contribution is 0.357. The van der Waals surface area contributed by atoms with Crippen molar-refractivity contribution in [3.8, 4) is 11.5 Å². The molecule has 4 heterocycles. The number of rotatable bonds is 5. The van der Waals surface area contributed by atoms with Crippen molar-refractivity contribution in [2.75, 3.05) is 23.3 Å². The SMILES string of the molecule is Cc1noc(-c2cccnc2NC[C@@H]2C[C@H](F)CN2c2cccnn2)n1. The number of anilines is 2. The minimum Gasteiger partial charge on any atom is -0.367 e. The Kier molecular flexibility index (Phi) is 4.42. The fourth-order valence-electron chi connectivity index (χ4n) is 3.12. The predicted octanol–water partition coefficient (Wildman–Crippen LogP) is 2.26. The number of nitrogens with zero attached hydrogens (tertiary/aromatic N) is 6. The molecule has 26 heavy (non-hydrogen) atoms. The number of pyridine rings is 1. The van der Waals surface area contributed by atoms with E-state index < -0.39 is 6.17 Å². The minimum absolute atomic E-state index is 0.0547. The smallest absolute Gasteiger partial charge is 0.261 e. The van der Waals surface area contributed by atoms with Crippen LogP contribution in [0.2, 0.25) is 0 Å². The van der Waals surface area contributed by atoms with Crippen molar-refractivity contribution >= 4 is 11.6 Å². The lowest BCUT2D eigenvalue weighted by Crippen LogP contribution is -2.35. The first-order valence-corrected chi connectivity index (χ1v) is 8.38. The Hall–Kier alpha value is -3.10. The maximum absolute atomic E-state index is 14.0. The van der Waals surface area contributed by atoms with E-state index in [4.69, 9.17) is 4.52 Å². The fourth-order valence-corrected chi connectivity index (χ4v) is 3.12. The van der Waals surface area contributed by atoms with Gasteiger partial charge in [-0.3, -0.25) is 0 Å². The van der Waals surface area contributed by atoms with Crippen molar-refractivity contribution in [2.24, 2.45) is 0 Å². The maximum atomic E-state index is 14.0. The maximum Gasteiger partial charge on any atom is 0.261 e. The number of halogens is 1. The molecule has 134 valence electrons. The summed E-state index contributed by atoms with van der Waals surface area (Å²) in [6, 6.07) is 7.24. The number of hydrogen-bond donors (Lipinski definition) is 1. The Bertz CT molecular complexity index is 872. The van der Waals surface area contributed by atoms with Crippen LogP contribution in [0.1, 0.15) is 12.2 Å². The third-order valence-corrected chi connectivity index (χ3v) is 4.29. The van der Waals surface area contributed by atoms with Gasteiger partial charge in [0.1, 0.15) is 12.0 Å². The zero-order valence-corrected chi connectivity index (χ0v) is 14.2. The summed E-state index contributed by atoms with van der Waals surface area (Å²) >= 11 is 0. The second-order valence-corrected chi connectivity index (χ2v) is 6.15. The summed E-state index contributed by atoms with van der Waals surface area (Å²) in [4.78, 5) is 10.5. The molecule has 0 aromatic carbocycles. The summed E-state index contributed by atoms with van der Waals surface area (Å²) in [7, 11) is 0. The molecule has 1 fully saturated rings. The molecule has 0 aliphatic carbocycles. The molecule has 1 saturated heterocycles. The Balaban J connectivity index is 1.52. The summed E-state index contributed by atoms with van der Waals surface area (Å²) in [6.45, 7) is 2.58. The van der Waals surface area contributed by atoms with Gasteiger partial charge < -0.3 is 14.7 Å². The molecule has 4 rings (SSSR count). The predicted molar refractivity (Wildman–Crippen MR) is 93.4 cm³/mol. The van der Waals surface area contributed by atoms with Gasteiger partial charge in [-0.2, -0.15) is 10.1 Å². The molecule has 0 amide bonds. The third kappa shape index (κ3) is 3.32. The topological polar surface area (TPSA) is 92.9 Å². The first-order valence-electron chi connectivity index (χ1n) is 8.38. The molecule has 1 aliphatic heterocycles. The molecule has 0 spiro atoms. The lowest BCUT2D eigenvalue weighted by Gasteiger charge is -2.25. The zero-order chi connectivity index (χ0) is 17.9. The van der Waals surface area contributed by atoms with Crippen LogP contribution in [-0.4, -0.2) is 50.6 Å². The van der Waals surface area contributed by atoms with Crippen molar-refractivity contribution in [2.45, 2.75) is 25.6 Å². The Morgan fingerprint density at radius 2 is 2.19 bits per heavy atom. The monoisotopic (exact) mass is 355 g/mol. The van der Waals surface area contributed by atoms with Crippen LogP contribution in [0.4, 0.5) is 16.0 Å². The van der Waals surface area contributed by atoms with Gasteiger partial charge in [-0.05, 0) is 31.2 Å². The van der Waals surface area contributed by atoms with Crippen LogP contribution in [0.3, 0.4) is 0 Å². The van der Waals surface area contributed by atoms with Crippen LogP contribution >= 0.6 is 0 Å². The fraction of sp³-hybridized carbons (Fsp3) is 0.353. The van der Waals surface area contributed by atoms with Gasteiger partial charge in [0.05, 0.1) is 18.2 Å². The highest BCUT2D eigenvalue weighted by atomic mass is 19.1. The Morgan fingerprint density at radius 1 is 1.31 bits per heavy atom. The average molecular weight is 355 g/mol. The van der Waals surface area contributed by atoms with Crippen molar-refractivity contribution in [1.82, 2.24) is 25.3 Å². The minimum atomic E-state index is -0.898. The van der Waals surface area contributed by atoms with Crippen LogP contribution in [0.15, 0.2) is 41.2 Å². The molecule has 0 bridgehead atoms. The van der Waals surface area contributed by atoms with E-state index in [0.717, 1.165) is 0 Å². The van der Waals surface area contributed by atoms with Gasteiger partial charge in [-0.15, -0.1) is 5.10 Å². The third-order valence-electron chi connectivity index (χ3n) is 4.29. The number of aromatic nitrogens is 5. The van der Waals surface area contributed by atoms with E-state index in [0.29, 0.717) is 48.4 Å². The Morgan fingerprint density at radius 3 is 2.96 bits per heavy atom. The quantitative estimate of drug-likeness (QED) is 0.745. The molecule has 0 saturated carbocycles. The van der Waals surface area contributed by atoms with E-state index in [9.17, 15) is 4.39 Å². The van der Waals surface area contributed by atoms with Gasteiger partial charge in [-0.25, -0.2) is 9.37 Å². The number of aryl methyl sites for hydroxylation is 1. The molecular weight excluding hydrogens is 337 g/mol. The lowest BCUT2D eigenvalue weighted by atomic mass is 10.2. The van der Waals surface area contributed by atoms with Crippen LogP contribution < -0.4 is 10.2 Å². The largest absolute Gasteiger partial charge is 0.367 e. The molecule has 0 radical (unpaired) electrons. The normalized spacial score (nSPS) is 19.7. The molecule has 0 unspecified atom stereocenters. The molecule has 8 nitrogen and oxygen atoms in total. The van der Waals surface area contributed by atoms with E-state index in [-0.39, 0.29) is 6.04 Å². The molecule has 1 aliphatic rings. The van der Waals surface area contributed by atoms with Crippen LogP contribution in [-0.2, 0) is 0 Å². The number of hydrogen-bond acceptors (Lipinski definition) is 8. The Labute approximate surface area is 149 Å². The average Bonchev–Trinajstić information content (AvgIpc) is 3.26. The van der Waals surface area contributed by atoms with E-state index in [2.05, 4.69) is 30.6 Å². The zero-order valence-electron chi connectivity index (χ0n) is 14.2. The summed E-state index contributed by atoms with van der Waals surface area (Å²) in [6.07, 6.45) is 2.81. The molecule has 2 atom stereocenters. The summed E-state index contributed by atoms with van der Waals surface area (Å²) in [5.41, 5.74) is 0.717. The van der Waals surface area contributed by atoms with Gasteiger partial charge in [0.2, 0.25) is 0 Å². The van der Waals surface area contributed by atoms with E-state index in [1.807, 2.05) is 17.0 Å². The molecular formula is C17H18FN7O. The van der Waals surface area contributed by atoms with Crippen LogP contribution in [0.25, 0.3) is 11.5 Å². The van der Waals surface area contributed by atoms with Gasteiger partial charge in [0.25, 0.3) is 5.89 Å². The van der Waals surface area contributed by atoms with Gasteiger partial charge in [0.15, 0.2) is 11.6 Å². The van der Waals surface area contributed by atoms with Crippen molar-refractivity contribution in [3.05, 3.63) is 42.5 Å². The highest BCUT2D eigenvalue weighted by molar-refractivity contribution is 5.68. The molecule has 3 aromatic rings. The summed E-state index contributed by atoms with van der Waals surface area (Å²) in [5.74, 6) is 2.25. The highest BCUT2D eigenvalue weighted by Gasteiger charge is 2.33. The highest BCUT2D eigenvalue weighted by Crippen LogP contribution is 2.28. The number of nitrogens with one attached hydrogen (secondary N) is 1. The van der Waals surface area contributed by atoms with E-state index >= 15 is 0 Å². The molecule has 1 N–H and O–H groups in total. The van der Waals surface area contributed by atoms with Crippen LogP contribution in [0, 0.1) is 6.92 Å². The van der Waals surface area contributed by atoms with E-state index in [1.54, 1.807) is 31.5 Å². The van der Waals surface area contributed by atoms with Crippen molar-refractivity contribution in [1.29, 1.82) is 0 Å². The summed E-state index contributed by atoms with van der Waals surface area (Å²) in [5, 5.41) is 15.1. The standard InChI is InChI=1S/C17H18FN7O/c1-11-22-17(26-24-11)14-4-2-6-19-16(14)20-9-13-8-12(18)10-25(13)15-5-3-7-21-23-15/h2-7,12-13H,8-10H2,1H3,(H,19,20)/t12-,13-/m0/s1. The van der Waals surface area contributed by atoms with Gasteiger partial charge in [-0.1, -0.05) is 5.16 Å². The number of alkyl halides is 1.